The summed E-state index contributed by atoms with van der Waals surface area (Å²) in [6.07, 6.45) is 6.24. The molecule has 1 amide bonds. The van der Waals surface area contributed by atoms with E-state index in [0.29, 0.717) is 24.1 Å². The normalized spacial score (nSPS) is 19.4. The maximum absolute atomic E-state index is 11.2. The fourth-order valence-electron chi connectivity index (χ4n) is 2.16. The average Bonchev–Trinajstić information content (AvgIpc) is 2.40. The topological polar surface area (TPSA) is 77.2 Å². The van der Waals surface area contributed by atoms with E-state index >= 15 is 0 Å². The number of primary amides is 1. The molecular formula is C13H19N3O2. The Morgan fingerprint density at radius 1 is 1.56 bits per heavy atom. The lowest BCUT2D eigenvalue weighted by Crippen LogP contribution is -2.35. The van der Waals surface area contributed by atoms with Crippen molar-refractivity contribution in [1.82, 2.24) is 10.3 Å². The molecule has 5 heteroatoms. The molecule has 0 radical (unpaired) electrons. The number of ether oxygens (including phenoxy) is 1. The van der Waals surface area contributed by atoms with Crippen LogP contribution in [0.25, 0.3) is 0 Å². The molecule has 2 rings (SSSR count). The molecule has 0 spiro atoms. The van der Waals surface area contributed by atoms with Gasteiger partial charge in [-0.3, -0.25) is 4.79 Å². The number of hydrogen-bond donors (Lipinski definition) is 2. The van der Waals surface area contributed by atoms with Crippen LogP contribution in [0.15, 0.2) is 18.3 Å². The van der Waals surface area contributed by atoms with Crippen molar-refractivity contribution < 1.29 is 9.53 Å². The predicted octanol–water partition coefficient (Wildman–Crippen LogP) is 1.09. The van der Waals surface area contributed by atoms with Crippen LogP contribution in [0, 0.1) is 0 Å². The fourth-order valence-corrected chi connectivity index (χ4v) is 2.16. The van der Waals surface area contributed by atoms with Gasteiger partial charge in [0.1, 0.15) is 5.56 Å². The second kappa shape index (κ2) is 6.35. The molecule has 1 fully saturated rings. The molecular weight excluding hydrogens is 230 g/mol. The minimum atomic E-state index is -0.506. The van der Waals surface area contributed by atoms with Gasteiger partial charge in [-0.25, -0.2) is 4.98 Å². The Balaban J connectivity index is 1.84. The summed E-state index contributed by atoms with van der Waals surface area (Å²) >= 11 is 0. The quantitative estimate of drug-likeness (QED) is 0.819. The van der Waals surface area contributed by atoms with Crippen LogP contribution in [0.3, 0.4) is 0 Å². The van der Waals surface area contributed by atoms with Crippen molar-refractivity contribution >= 4 is 5.91 Å². The first-order chi connectivity index (χ1) is 8.77. The van der Waals surface area contributed by atoms with Crippen molar-refractivity contribution in [1.29, 1.82) is 0 Å². The van der Waals surface area contributed by atoms with Gasteiger partial charge in [-0.2, -0.15) is 0 Å². The lowest BCUT2D eigenvalue weighted by molar-refractivity contribution is 0.0995. The summed E-state index contributed by atoms with van der Waals surface area (Å²) in [4.78, 5) is 15.2. The number of carbonyl (C=O) groups is 1. The van der Waals surface area contributed by atoms with Gasteiger partial charge >= 0.3 is 0 Å². The summed E-state index contributed by atoms with van der Waals surface area (Å²) in [5, 5.41) is 3.45. The maximum Gasteiger partial charge on any atom is 0.254 e. The van der Waals surface area contributed by atoms with Crippen molar-refractivity contribution in [2.45, 2.75) is 31.7 Å². The van der Waals surface area contributed by atoms with Crippen LogP contribution in [-0.4, -0.2) is 30.1 Å². The van der Waals surface area contributed by atoms with E-state index in [2.05, 4.69) is 10.3 Å². The molecule has 3 N–H and O–H groups in total. The highest BCUT2D eigenvalue weighted by Crippen LogP contribution is 2.15. The Morgan fingerprint density at radius 3 is 3.17 bits per heavy atom. The van der Waals surface area contributed by atoms with Gasteiger partial charge < -0.3 is 15.8 Å². The van der Waals surface area contributed by atoms with Gasteiger partial charge in [0.25, 0.3) is 5.91 Å². The van der Waals surface area contributed by atoms with Crippen molar-refractivity contribution in [3.8, 4) is 5.88 Å². The zero-order valence-electron chi connectivity index (χ0n) is 10.4. The number of pyridine rings is 1. The van der Waals surface area contributed by atoms with Crippen molar-refractivity contribution in [2.75, 3.05) is 13.2 Å². The molecule has 1 atom stereocenters. The molecule has 1 aromatic heterocycles. The molecule has 0 aromatic carbocycles. The van der Waals surface area contributed by atoms with E-state index in [4.69, 9.17) is 10.5 Å². The first kappa shape index (κ1) is 12.8. The highest BCUT2D eigenvalue weighted by Gasteiger charge is 2.14. The third kappa shape index (κ3) is 3.43. The molecule has 1 saturated heterocycles. The summed E-state index contributed by atoms with van der Waals surface area (Å²) < 4.78 is 5.55. The summed E-state index contributed by atoms with van der Waals surface area (Å²) in [5.74, 6) is -0.172. The molecule has 5 nitrogen and oxygen atoms in total. The second-order valence-electron chi connectivity index (χ2n) is 4.50. The number of nitrogens with two attached hydrogens (primary N) is 1. The van der Waals surface area contributed by atoms with E-state index in [1.165, 1.54) is 19.3 Å². The third-order valence-corrected chi connectivity index (χ3v) is 3.15. The Labute approximate surface area is 107 Å². The molecule has 2 heterocycles. The summed E-state index contributed by atoms with van der Waals surface area (Å²) in [5.41, 5.74) is 5.60. The number of amides is 1. The van der Waals surface area contributed by atoms with Gasteiger partial charge in [-0.15, -0.1) is 0 Å². The van der Waals surface area contributed by atoms with Crippen LogP contribution in [-0.2, 0) is 0 Å². The Morgan fingerprint density at radius 2 is 2.44 bits per heavy atom. The Hall–Kier alpha value is -1.62. The number of rotatable bonds is 5. The van der Waals surface area contributed by atoms with Crippen LogP contribution in [0.5, 0.6) is 5.88 Å². The van der Waals surface area contributed by atoms with Crippen LogP contribution < -0.4 is 15.8 Å². The van der Waals surface area contributed by atoms with Crippen LogP contribution in [0.4, 0.5) is 0 Å². The van der Waals surface area contributed by atoms with Gasteiger partial charge in [-0.05, 0) is 37.9 Å². The molecule has 18 heavy (non-hydrogen) atoms. The SMILES string of the molecule is NC(=O)c1cccnc1OCCC1CCCCN1. The van der Waals surface area contributed by atoms with E-state index in [1.807, 2.05) is 0 Å². The molecule has 0 aliphatic carbocycles. The molecule has 1 aliphatic heterocycles. The van der Waals surface area contributed by atoms with Crippen molar-refractivity contribution in [3.05, 3.63) is 23.9 Å². The van der Waals surface area contributed by atoms with Crippen molar-refractivity contribution in [3.63, 3.8) is 0 Å². The lowest BCUT2D eigenvalue weighted by atomic mass is 10.0. The zero-order valence-corrected chi connectivity index (χ0v) is 10.4. The first-order valence-electron chi connectivity index (χ1n) is 6.38. The molecule has 1 aromatic rings. The second-order valence-corrected chi connectivity index (χ2v) is 4.50. The van der Waals surface area contributed by atoms with Crippen LogP contribution in [0.1, 0.15) is 36.0 Å². The number of carbonyl (C=O) groups excluding carboxylic acids is 1. The van der Waals surface area contributed by atoms with E-state index in [9.17, 15) is 4.79 Å². The smallest absolute Gasteiger partial charge is 0.254 e. The zero-order chi connectivity index (χ0) is 12.8. The van der Waals surface area contributed by atoms with Gasteiger partial charge in [0.2, 0.25) is 5.88 Å². The third-order valence-electron chi connectivity index (χ3n) is 3.15. The minimum Gasteiger partial charge on any atom is -0.477 e. The molecule has 98 valence electrons. The standard InChI is InChI=1S/C13H19N3O2/c14-12(17)11-5-3-8-16-13(11)18-9-6-10-4-1-2-7-15-10/h3,5,8,10,15H,1-2,4,6-7,9H2,(H2,14,17). The summed E-state index contributed by atoms with van der Waals surface area (Å²) in [6, 6.07) is 3.82. The van der Waals surface area contributed by atoms with Gasteiger partial charge in [0.15, 0.2) is 0 Å². The predicted molar refractivity (Wildman–Crippen MR) is 68.5 cm³/mol. The molecule has 1 unspecified atom stereocenters. The molecule has 0 bridgehead atoms. The summed E-state index contributed by atoms with van der Waals surface area (Å²) in [7, 11) is 0. The Bertz CT molecular complexity index is 403. The van der Waals surface area contributed by atoms with E-state index < -0.39 is 5.91 Å². The van der Waals surface area contributed by atoms with E-state index in [0.717, 1.165) is 13.0 Å². The van der Waals surface area contributed by atoms with E-state index in [1.54, 1.807) is 18.3 Å². The fraction of sp³-hybridized carbons (Fsp3) is 0.538. The monoisotopic (exact) mass is 249 g/mol. The number of piperidine rings is 1. The van der Waals surface area contributed by atoms with Crippen molar-refractivity contribution in [2.24, 2.45) is 5.73 Å². The van der Waals surface area contributed by atoms with Crippen LogP contribution in [0.2, 0.25) is 0 Å². The van der Waals surface area contributed by atoms with E-state index in [-0.39, 0.29) is 0 Å². The highest BCUT2D eigenvalue weighted by molar-refractivity contribution is 5.94. The molecule has 0 saturated carbocycles. The number of nitrogens with one attached hydrogen (secondary N) is 1. The van der Waals surface area contributed by atoms with Gasteiger partial charge in [0, 0.05) is 12.2 Å². The summed E-state index contributed by atoms with van der Waals surface area (Å²) in [6.45, 7) is 1.63. The number of hydrogen-bond acceptors (Lipinski definition) is 4. The number of aromatic nitrogens is 1. The number of nitrogens with zero attached hydrogens (tertiary/aromatic N) is 1. The lowest BCUT2D eigenvalue weighted by Gasteiger charge is -2.23. The Kier molecular flexibility index (Phi) is 4.52. The minimum absolute atomic E-state index is 0.334. The molecule has 1 aliphatic rings. The largest absolute Gasteiger partial charge is 0.477 e. The van der Waals surface area contributed by atoms with Gasteiger partial charge in [-0.1, -0.05) is 6.42 Å². The first-order valence-corrected chi connectivity index (χ1v) is 6.38. The van der Waals surface area contributed by atoms with Crippen LogP contribution >= 0.6 is 0 Å². The average molecular weight is 249 g/mol. The van der Waals surface area contributed by atoms with Gasteiger partial charge in [0.05, 0.1) is 6.61 Å². The maximum atomic E-state index is 11.2. The highest BCUT2D eigenvalue weighted by atomic mass is 16.5.